The summed E-state index contributed by atoms with van der Waals surface area (Å²) in [4.78, 5) is 48.2. The first-order valence-electron chi connectivity index (χ1n) is 7.01. The van der Waals surface area contributed by atoms with E-state index in [-0.39, 0.29) is 30.6 Å². The molecule has 2 amide bonds. The largest absolute Gasteiger partial charge is 0.369 e. The van der Waals surface area contributed by atoms with Gasteiger partial charge in [-0.25, -0.2) is 0 Å². The van der Waals surface area contributed by atoms with Crippen LogP contribution < -0.4 is 5.73 Å². The number of carbonyl (C=O) groups is 4. The van der Waals surface area contributed by atoms with Gasteiger partial charge in [0.1, 0.15) is 5.78 Å². The molecule has 2 atom stereocenters. The van der Waals surface area contributed by atoms with Crippen molar-refractivity contribution in [3.05, 3.63) is 35.4 Å². The maximum atomic E-state index is 12.4. The van der Waals surface area contributed by atoms with Crippen LogP contribution in [0, 0.1) is 11.8 Å². The van der Waals surface area contributed by atoms with Gasteiger partial charge >= 0.3 is 0 Å². The van der Waals surface area contributed by atoms with Gasteiger partial charge in [-0.1, -0.05) is 12.1 Å². The van der Waals surface area contributed by atoms with Gasteiger partial charge in [-0.3, -0.25) is 19.2 Å². The molecule has 1 fully saturated rings. The monoisotopic (exact) mass is 302 g/mol. The van der Waals surface area contributed by atoms with Crippen LogP contribution in [0.2, 0.25) is 0 Å². The number of ketones is 2. The molecule has 1 aromatic carbocycles. The number of amides is 2. The highest BCUT2D eigenvalue weighted by atomic mass is 16.2. The summed E-state index contributed by atoms with van der Waals surface area (Å²) in [6.07, 6.45) is 0. The predicted molar refractivity (Wildman–Crippen MR) is 79.2 cm³/mol. The quantitative estimate of drug-likeness (QED) is 0.826. The topological polar surface area (TPSA) is 97.5 Å². The first-order chi connectivity index (χ1) is 10.3. The van der Waals surface area contributed by atoms with E-state index in [1.807, 2.05) is 0 Å². The van der Waals surface area contributed by atoms with Gasteiger partial charge in [0, 0.05) is 30.1 Å². The minimum absolute atomic E-state index is 0.0781. The average molecular weight is 302 g/mol. The molecule has 0 bridgehead atoms. The van der Waals surface area contributed by atoms with E-state index in [2.05, 4.69) is 0 Å². The molecule has 0 aliphatic carbocycles. The van der Waals surface area contributed by atoms with Gasteiger partial charge in [0.15, 0.2) is 5.78 Å². The third-order valence-electron chi connectivity index (χ3n) is 4.03. The van der Waals surface area contributed by atoms with Crippen molar-refractivity contribution in [1.29, 1.82) is 0 Å². The van der Waals surface area contributed by atoms with Gasteiger partial charge in [-0.05, 0) is 26.0 Å². The van der Waals surface area contributed by atoms with Crippen LogP contribution in [-0.2, 0) is 9.59 Å². The molecule has 6 nitrogen and oxygen atoms in total. The fraction of sp³-hybridized carbons (Fsp3) is 0.375. The number of likely N-dealkylation sites (tertiary alicyclic amines) is 1. The van der Waals surface area contributed by atoms with E-state index >= 15 is 0 Å². The number of primary amides is 1. The first-order valence-corrected chi connectivity index (χ1v) is 7.01. The first kappa shape index (κ1) is 15.9. The van der Waals surface area contributed by atoms with E-state index in [4.69, 9.17) is 5.73 Å². The summed E-state index contributed by atoms with van der Waals surface area (Å²) < 4.78 is 0. The Labute approximate surface area is 128 Å². The maximum Gasteiger partial charge on any atom is 0.253 e. The zero-order chi connectivity index (χ0) is 16.4. The SMILES string of the molecule is CC(=O)c1ccc(C(=O)N2C[C@@H](C(C)=O)[C@H](C(N)=O)C2)cc1. The standard InChI is InChI=1S/C16H18N2O4/c1-9(19)11-3-5-12(6-4-11)16(22)18-7-13(10(2)20)14(8-18)15(17)21/h3-6,13-14H,7-8H2,1-2H3,(H2,17,21)/t13-,14+/m0/s1. The molecule has 1 aromatic rings. The number of nitrogens with zero attached hydrogens (tertiary/aromatic N) is 1. The maximum absolute atomic E-state index is 12.4. The molecule has 1 saturated heterocycles. The third-order valence-corrected chi connectivity index (χ3v) is 4.03. The van der Waals surface area contributed by atoms with E-state index in [0.717, 1.165) is 0 Å². The van der Waals surface area contributed by atoms with Gasteiger partial charge in [0.25, 0.3) is 5.91 Å². The number of Topliss-reactive ketones (excluding diaryl/α,β-unsaturated/α-hetero) is 2. The van der Waals surface area contributed by atoms with Gasteiger partial charge in [0.2, 0.25) is 5.91 Å². The van der Waals surface area contributed by atoms with E-state index < -0.39 is 17.7 Å². The molecule has 1 aliphatic rings. The highest BCUT2D eigenvalue weighted by Crippen LogP contribution is 2.25. The molecule has 0 spiro atoms. The summed E-state index contributed by atoms with van der Waals surface area (Å²) in [7, 11) is 0. The number of benzene rings is 1. The molecule has 1 heterocycles. The smallest absolute Gasteiger partial charge is 0.253 e. The van der Waals surface area contributed by atoms with Crippen molar-refractivity contribution in [2.45, 2.75) is 13.8 Å². The van der Waals surface area contributed by atoms with E-state index in [9.17, 15) is 19.2 Å². The van der Waals surface area contributed by atoms with Crippen molar-refractivity contribution in [2.75, 3.05) is 13.1 Å². The Bertz CT molecular complexity index is 614. The number of hydrogen-bond donors (Lipinski definition) is 1. The van der Waals surface area contributed by atoms with Crippen LogP contribution in [0.15, 0.2) is 24.3 Å². The molecule has 22 heavy (non-hydrogen) atoms. The lowest BCUT2D eigenvalue weighted by Crippen LogP contribution is -2.33. The second-order valence-electron chi connectivity index (χ2n) is 5.57. The Morgan fingerprint density at radius 2 is 1.45 bits per heavy atom. The average Bonchev–Trinajstić information content (AvgIpc) is 2.92. The van der Waals surface area contributed by atoms with Crippen LogP contribution in [0.5, 0.6) is 0 Å². The summed E-state index contributed by atoms with van der Waals surface area (Å²) in [5.41, 5.74) is 6.25. The lowest BCUT2D eigenvalue weighted by Gasteiger charge is -2.16. The molecule has 2 N–H and O–H groups in total. The van der Waals surface area contributed by atoms with E-state index in [1.165, 1.54) is 18.7 Å². The van der Waals surface area contributed by atoms with Crippen molar-refractivity contribution in [3.8, 4) is 0 Å². The van der Waals surface area contributed by atoms with Crippen molar-refractivity contribution in [3.63, 3.8) is 0 Å². The Balaban J connectivity index is 2.18. The highest BCUT2D eigenvalue weighted by Gasteiger charge is 2.41. The van der Waals surface area contributed by atoms with Crippen LogP contribution in [0.1, 0.15) is 34.6 Å². The van der Waals surface area contributed by atoms with Crippen LogP contribution in [-0.4, -0.2) is 41.4 Å². The van der Waals surface area contributed by atoms with Gasteiger partial charge < -0.3 is 10.6 Å². The molecule has 0 unspecified atom stereocenters. The summed E-state index contributed by atoms with van der Waals surface area (Å²) in [5, 5.41) is 0. The highest BCUT2D eigenvalue weighted by molar-refractivity contribution is 5.98. The summed E-state index contributed by atoms with van der Waals surface area (Å²) in [6, 6.07) is 6.30. The second kappa shape index (κ2) is 6.09. The Hall–Kier alpha value is -2.50. The van der Waals surface area contributed by atoms with Gasteiger partial charge in [0.05, 0.1) is 5.92 Å². The molecular weight excluding hydrogens is 284 g/mol. The van der Waals surface area contributed by atoms with Gasteiger partial charge in [-0.2, -0.15) is 0 Å². The number of rotatable bonds is 4. The van der Waals surface area contributed by atoms with Crippen LogP contribution in [0.4, 0.5) is 0 Å². The van der Waals surface area contributed by atoms with Crippen molar-refractivity contribution >= 4 is 23.4 Å². The molecule has 0 saturated carbocycles. The van der Waals surface area contributed by atoms with E-state index in [1.54, 1.807) is 24.3 Å². The van der Waals surface area contributed by atoms with Crippen molar-refractivity contribution in [1.82, 2.24) is 4.90 Å². The minimum atomic E-state index is -0.641. The molecule has 0 aromatic heterocycles. The summed E-state index contributed by atoms with van der Waals surface area (Å²) in [5.74, 6) is -2.25. The van der Waals surface area contributed by atoms with Crippen molar-refractivity contribution in [2.24, 2.45) is 17.6 Å². The fourth-order valence-corrected chi connectivity index (χ4v) is 2.70. The van der Waals surface area contributed by atoms with E-state index in [0.29, 0.717) is 11.1 Å². The number of carbonyl (C=O) groups excluding carboxylic acids is 4. The van der Waals surface area contributed by atoms with Crippen LogP contribution >= 0.6 is 0 Å². The minimum Gasteiger partial charge on any atom is -0.369 e. The fourth-order valence-electron chi connectivity index (χ4n) is 2.70. The zero-order valence-electron chi connectivity index (χ0n) is 12.5. The van der Waals surface area contributed by atoms with Gasteiger partial charge in [-0.15, -0.1) is 0 Å². The number of hydrogen-bond acceptors (Lipinski definition) is 4. The predicted octanol–water partition coefficient (Wildman–Crippen LogP) is 0.652. The van der Waals surface area contributed by atoms with Crippen LogP contribution in [0.25, 0.3) is 0 Å². The molecule has 2 rings (SSSR count). The molecular formula is C16H18N2O4. The Kier molecular flexibility index (Phi) is 4.40. The second-order valence-corrected chi connectivity index (χ2v) is 5.57. The van der Waals surface area contributed by atoms with Crippen molar-refractivity contribution < 1.29 is 19.2 Å². The molecule has 116 valence electrons. The lowest BCUT2D eigenvalue weighted by molar-refractivity contribution is -0.128. The molecule has 6 heteroatoms. The normalized spacial score (nSPS) is 20.7. The Morgan fingerprint density at radius 3 is 1.86 bits per heavy atom. The Morgan fingerprint density at radius 1 is 0.955 bits per heavy atom. The lowest BCUT2D eigenvalue weighted by atomic mass is 9.92. The van der Waals surface area contributed by atoms with Crippen LogP contribution in [0.3, 0.4) is 0 Å². The third kappa shape index (κ3) is 3.05. The summed E-state index contributed by atoms with van der Waals surface area (Å²) in [6.45, 7) is 3.19. The molecule has 1 aliphatic heterocycles. The number of nitrogens with two attached hydrogens (primary N) is 1. The molecule has 0 radical (unpaired) electrons. The zero-order valence-corrected chi connectivity index (χ0v) is 12.5. The summed E-state index contributed by atoms with van der Waals surface area (Å²) >= 11 is 0.